The van der Waals surface area contributed by atoms with Crippen molar-refractivity contribution >= 4 is 34.3 Å². The zero-order valence-corrected chi connectivity index (χ0v) is 19.1. The number of rotatable bonds is 5. The molecule has 10 heteroatoms. The minimum atomic E-state index is -1.09. The number of aromatic amines is 1. The van der Waals surface area contributed by atoms with Crippen LogP contribution < -0.4 is 5.32 Å². The van der Waals surface area contributed by atoms with Crippen LogP contribution in [-0.4, -0.2) is 58.4 Å². The number of H-pyrrole nitrogens is 1. The first-order valence-electron chi connectivity index (χ1n) is 11.2. The van der Waals surface area contributed by atoms with Crippen molar-refractivity contribution in [3.8, 4) is 0 Å². The molecule has 2 saturated heterocycles. The number of likely N-dealkylation sites (tertiary alicyclic amines) is 1. The fourth-order valence-electron chi connectivity index (χ4n) is 4.55. The lowest BCUT2D eigenvalue weighted by Crippen LogP contribution is -2.61. The summed E-state index contributed by atoms with van der Waals surface area (Å²) in [7, 11) is 0. The molecule has 2 aromatic heterocycles. The van der Waals surface area contributed by atoms with E-state index in [9.17, 15) is 14.0 Å². The summed E-state index contributed by atoms with van der Waals surface area (Å²) < 4.78 is 25.2. The molecule has 1 aromatic carbocycles. The summed E-state index contributed by atoms with van der Waals surface area (Å²) in [6.07, 6.45) is 4.00. The number of halogens is 2. The summed E-state index contributed by atoms with van der Waals surface area (Å²) in [6, 6.07) is 8.27. The summed E-state index contributed by atoms with van der Waals surface area (Å²) in [5.41, 5.74) is 1.64. The number of hydrogen-bond donors (Lipinski definition) is 2. The standard InChI is InChI=1S/C24H24ClFN4O4/c25-21-13-16-12-18(28-20(16)14-27-21)22(31)29-19(11-15-3-5-17(26)6-4-15)23(32)30-8-2-1-7-24(30)33-9-10-34-24/h3-6,12-14,19,28H,1-2,7-11H2,(H,29,31)/t19-/m0/s1. The average Bonchev–Trinajstić information content (AvgIpc) is 3.47. The highest BCUT2D eigenvalue weighted by Crippen LogP contribution is 2.34. The smallest absolute Gasteiger partial charge is 0.268 e. The summed E-state index contributed by atoms with van der Waals surface area (Å²) in [5, 5.41) is 3.90. The normalized spacial score (nSPS) is 18.4. The van der Waals surface area contributed by atoms with Crippen molar-refractivity contribution in [2.24, 2.45) is 0 Å². The van der Waals surface area contributed by atoms with E-state index in [-0.39, 0.29) is 23.8 Å². The van der Waals surface area contributed by atoms with Crippen LogP contribution >= 0.6 is 11.6 Å². The Kier molecular flexibility index (Phi) is 6.24. The molecule has 8 nitrogen and oxygen atoms in total. The lowest BCUT2D eigenvalue weighted by molar-refractivity contribution is -0.266. The number of pyridine rings is 1. The van der Waals surface area contributed by atoms with Gasteiger partial charge in [0.25, 0.3) is 11.8 Å². The van der Waals surface area contributed by atoms with Crippen molar-refractivity contribution in [2.75, 3.05) is 19.8 Å². The maximum atomic E-state index is 13.8. The molecule has 178 valence electrons. The van der Waals surface area contributed by atoms with Crippen LogP contribution in [0, 0.1) is 5.82 Å². The topological polar surface area (TPSA) is 96.6 Å². The number of aromatic nitrogens is 2. The first-order valence-corrected chi connectivity index (χ1v) is 11.6. The van der Waals surface area contributed by atoms with Gasteiger partial charge < -0.3 is 19.8 Å². The second kappa shape index (κ2) is 9.32. The largest absolute Gasteiger partial charge is 0.349 e. The third-order valence-corrected chi connectivity index (χ3v) is 6.42. The number of carbonyl (C=O) groups excluding carboxylic acids is 2. The molecule has 2 N–H and O–H groups in total. The maximum absolute atomic E-state index is 13.8. The van der Waals surface area contributed by atoms with Crippen LogP contribution in [0.1, 0.15) is 35.3 Å². The molecule has 2 aliphatic heterocycles. The minimum Gasteiger partial charge on any atom is -0.349 e. The number of carbonyl (C=O) groups is 2. The van der Waals surface area contributed by atoms with Gasteiger partial charge in [0.15, 0.2) is 0 Å². The summed E-state index contributed by atoms with van der Waals surface area (Å²) >= 11 is 5.95. The molecule has 5 rings (SSSR count). The van der Waals surface area contributed by atoms with Crippen molar-refractivity contribution in [1.82, 2.24) is 20.2 Å². The molecule has 0 radical (unpaired) electrons. The van der Waals surface area contributed by atoms with E-state index < -0.39 is 17.9 Å². The molecule has 0 saturated carbocycles. The molecule has 3 aromatic rings. The molecule has 1 spiro atoms. The van der Waals surface area contributed by atoms with E-state index in [4.69, 9.17) is 21.1 Å². The summed E-state index contributed by atoms with van der Waals surface area (Å²) in [6.45, 7) is 1.28. The fourth-order valence-corrected chi connectivity index (χ4v) is 4.72. The minimum absolute atomic E-state index is 0.186. The first-order chi connectivity index (χ1) is 16.4. The van der Waals surface area contributed by atoms with E-state index in [0.29, 0.717) is 42.4 Å². The van der Waals surface area contributed by atoms with Gasteiger partial charge in [-0.3, -0.25) is 14.5 Å². The van der Waals surface area contributed by atoms with Crippen LogP contribution in [0.4, 0.5) is 4.39 Å². The highest BCUT2D eigenvalue weighted by molar-refractivity contribution is 6.30. The number of nitrogens with one attached hydrogen (secondary N) is 2. The van der Waals surface area contributed by atoms with Gasteiger partial charge in [0.05, 0.1) is 24.9 Å². The van der Waals surface area contributed by atoms with Gasteiger partial charge >= 0.3 is 0 Å². The van der Waals surface area contributed by atoms with Gasteiger partial charge in [-0.1, -0.05) is 23.7 Å². The third kappa shape index (κ3) is 4.51. The van der Waals surface area contributed by atoms with Gasteiger partial charge in [0.1, 0.15) is 22.7 Å². The molecule has 2 fully saturated rings. The van der Waals surface area contributed by atoms with Gasteiger partial charge in [-0.2, -0.15) is 0 Å². The number of piperidine rings is 1. The highest BCUT2D eigenvalue weighted by Gasteiger charge is 2.48. The summed E-state index contributed by atoms with van der Waals surface area (Å²) in [4.78, 5) is 35.5. The molecule has 0 bridgehead atoms. The number of benzene rings is 1. The molecule has 4 heterocycles. The quantitative estimate of drug-likeness (QED) is 0.539. The molecule has 1 atom stereocenters. The zero-order valence-electron chi connectivity index (χ0n) is 18.4. The Hall–Kier alpha value is -3.01. The second-order valence-corrected chi connectivity index (χ2v) is 8.88. The highest BCUT2D eigenvalue weighted by atomic mass is 35.5. The van der Waals surface area contributed by atoms with E-state index in [1.54, 1.807) is 35.4 Å². The van der Waals surface area contributed by atoms with Crippen LogP contribution in [-0.2, 0) is 20.7 Å². The molecule has 0 aliphatic carbocycles. The Balaban J connectivity index is 1.42. The van der Waals surface area contributed by atoms with Crippen molar-refractivity contribution < 1.29 is 23.5 Å². The van der Waals surface area contributed by atoms with Crippen LogP contribution in [0.2, 0.25) is 5.15 Å². The second-order valence-electron chi connectivity index (χ2n) is 8.49. The predicted molar refractivity (Wildman–Crippen MR) is 123 cm³/mol. The van der Waals surface area contributed by atoms with E-state index in [1.165, 1.54) is 12.1 Å². The van der Waals surface area contributed by atoms with Crippen molar-refractivity contribution in [3.05, 3.63) is 64.8 Å². The Bertz CT molecular complexity index is 1210. The monoisotopic (exact) mass is 486 g/mol. The lowest BCUT2D eigenvalue weighted by atomic mass is 10.0. The van der Waals surface area contributed by atoms with Crippen LogP contribution in [0.15, 0.2) is 42.6 Å². The SMILES string of the molecule is O=C(N[C@@H](Cc1ccc(F)cc1)C(=O)N1CCCCC12OCCO2)c1cc2cc(Cl)ncc2[nH]1. The zero-order chi connectivity index (χ0) is 23.7. The van der Waals surface area contributed by atoms with E-state index in [0.717, 1.165) is 18.2 Å². The van der Waals surface area contributed by atoms with Crippen LogP contribution in [0.3, 0.4) is 0 Å². The van der Waals surface area contributed by atoms with Gasteiger partial charge in [-0.05, 0) is 42.7 Å². The van der Waals surface area contributed by atoms with Crippen molar-refractivity contribution in [2.45, 2.75) is 37.6 Å². The number of amides is 2. The molecule has 0 unspecified atom stereocenters. The molecule has 2 amide bonds. The Labute approximate surface area is 200 Å². The number of fused-ring (bicyclic) bond motifs is 1. The van der Waals surface area contributed by atoms with E-state index >= 15 is 0 Å². The molecule has 2 aliphatic rings. The van der Waals surface area contributed by atoms with Gasteiger partial charge in [-0.15, -0.1) is 0 Å². The maximum Gasteiger partial charge on any atom is 0.268 e. The van der Waals surface area contributed by atoms with Crippen LogP contribution in [0.5, 0.6) is 0 Å². The number of ether oxygens (including phenoxy) is 2. The molecule has 34 heavy (non-hydrogen) atoms. The van der Waals surface area contributed by atoms with Gasteiger partial charge in [0, 0.05) is 24.8 Å². The molecular weight excluding hydrogens is 463 g/mol. The number of hydrogen-bond acceptors (Lipinski definition) is 5. The Morgan fingerprint density at radius 1 is 1.21 bits per heavy atom. The lowest BCUT2D eigenvalue weighted by Gasteiger charge is -2.43. The first kappa shape index (κ1) is 22.8. The van der Waals surface area contributed by atoms with Crippen molar-refractivity contribution in [1.29, 1.82) is 0 Å². The predicted octanol–water partition coefficient (Wildman–Crippen LogP) is 3.41. The van der Waals surface area contributed by atoms with Gasteiger partial charge in [-0.25, -0.2) is 9.37 Å². The van der Waals surface area contributed by atoms with Gasteiger partial charge in [0.2, 0.25) is 5.91 Å². The Morgan fingerprint density at radius 3 is 2.74 bits per heavy atom. The van der Waals surface area contributed by atoms with Crippen LogP contribution in [0.25, 0.3) is 10.9 Å². The van der Waals surface area contributed by atoms with E-state index in [2.05, 4.69) is 15.3 Å². The summed E-state index contributed by atoms with van der Waals surface area (Å²) in [5.74, 6) is -2.22. The molecular formula is C24H24ClFN4O4. The van der Waals surface area contributed by atoms with Crippen molar-refractivity contribution in [3.63, 3.8) is 0 Å². The van der Waals surface area contributed by atoms with E-state index in [1.807, 2.05) is 0 Å². The average molecular weight is 487 g/mol. The third-order valence-electron chi connectivity index (χ3n) is 6.21. The Morgan fingerprint density at radius 2 is 1.97 bits per heavy atom. The number of nitrogens with zero attached hydrogens (tertiary/aromatic N) is 2. The fraction of sp³-hybridized carbons (Fsp3) is 0.375.